The van der Waals surface area contributed by atoms with Gasteiger partial charge >= 0.3 is 0 Å². The summed E-state index contributed by atoms with van der Waals surface area (Å²) in [7, 11) is 4.57. The second-order valence-corrected chi connectivity index (χ2v) is 5.81. The van der Waals surface area contributed by atoms with Crippen molar-refractivity contribution in [1.29, 1.82) is 0 Å². The number of hydrogen-bond donors (Lipinski definition) is 2. The average molecular weight is 170 g/mol. The van der Waals surface area contributed by atoms with Gasteiger partial charge in [-0.15, -0.1) is 0 Å². The second kappa shape index (κ2) is 2.70. The summed E-state index contributed by atoms with van der Waals surface area (Å²) in [6, 6.07) is 0. The van der Waals surface area contributed by atoms with Crippen molar-refractivity contribution in [2.75, 3.05) is 11.5 Å². The standard InChI is InChI=1S/C3H6O2S3/c4-3(5)1-6-8-7-2-3/h4-5H,1-2H2. The minimum atomic E-state index is -1.42. The van der Waals surface area contributed by atoms with Crippen LogP contribution in [-0.4, -0.2) is 27.5 Å². The fourth-order valence-corrected chi connectivity index (χ4v) is 4.29. The van der Waals surface area contributed by atoms with E-state index >= 15 is 0 Å². The van der Waals surface area contributed by atoms with Gasteiger partial charge in [0.1, 0.15) is 0 Å². The van der Waals surface area contributed by atoms with Crippen LogP contribution >= 0.6 is 31.4 Å². The van der Waals surface area contributed by atoms with Crippen molar-refractivity contribution in [3.8, 4) is 0 Å². The van der Waals surface area contributed by atoms with Gasteiger partial charge < -0.3 is 10.2 Å². The molecule has 0 saturated carbocycles. The highest BCUT2D eigenvalue weighted by molar-refractivity contribution is 9.09. The Morgan fingerprint density at radius 2 is 1.62 bits per heavy atom. The van der Waals surface area contributed by atoms with Crippen LogP contribution in [0.4, 0.5) is 0 Å². The van der Waals surface area contributed by atoms with Gasteiger partial charge in [0, 0.05) is 0 Å². The first kappa shape index (κ1) is 7.08. The van der Waals surface area contributed by atoms with Crippen LogP contribution in [0.3, 0.4) is 0 Å². The van der Waals surface area contributed by atoms with E-state index in [1.165, 1.54) is 21.6 Å². The van der Waals surface area contributed by atoms with Gasteiger partial charge in [0.15, 0.2) is 5.79 Å². The van der Waals surface area contributed by atoms with E-state index in [9.17, 15) is 0 Å². The predicted molar refractivity (Wildman–Crippen MR) is 39.7 cm³/mol. The van der Waals surface area contributed by atoms with Crippen molar-refractivity contribution in [3.63, 3.8) is 0 Å². The molecule has 1 aliphatic heterocycles. The highest BCUT2D eigenvalue weighted by atomic mass is 33.5. The fourth-order valence-electron chi connectivity index (χ4n) is 0.313. The summed E-state index contributed by atoms with van der Waals surface area (Å²) < 4.78 is 0. The van der Waals surface area contributed by atoms with Crippen LogP contribution in [0.2, 0.25) is 0 Å². The maximum absolute atomic E-state index is 8.88. The van der Waals surface area contributed by atoms with Gasteiger partial charge in [0.05, 0.1) is 11.5 Å². The normalized spacial score (nSPS) is 27.8. The minimum absolute atomic E-state index is 0.421. The quantitative estimate of drug-likeness (QED) is 0.414. The zero-order chi connectivity index (χ0) is 6.04. The lowest BCUT2D eigenvalue weighted by Crippen LogP contribution is -2.34. The highest BCUT2D eigenvalue weighted by Crippen LogP contribution is 2.42. The molecule has 0 spiro atoms. The first-order valence-electron chi connectivity index (χ1n) is 2.07. The van der Waals surface area contributed by atoms with Crippen molar-refractivity contribution in [1.82, 2.24) is 0 Å². The molecular formula is C3H6O2S3. The summed E-state index contributed by atoms with van der Waals surface area (Å²) >= 11 is 0. The van der Waals surface area contributed by atoms with Crippen molar-refractivity contribution >= 4 is 31.4 Å². The summed E-state index contributed by atoms with van der Waals surface area (Å²) in [6.45, 7) is 0. The van der Waals surface area contributed by atoms with E-state index in [1.54, 1.807) is 9.83 Å². The third kappa shape index (κ3) is 2.06. The molecule has 48 valence electrons. The van der Waals surface area contributed by atoms with Gasteiger partial charge in [0.25, 0.3) is 0 Å². The zero-order valence-corrected chi connectivity index (χ0v) is 6.48. The molecule has 1 heterocycles. The van der Waals surface area contributed by atoms with Crippen LogP contribution in [0.15, 0.2) is 0 Å². The summed E-state index contributed by atoms with van der Waals surface area (Å²) in [4.78, 5) is 0. The van der Waals surface area contributed by atoms with Crippen LogP contribution in [0, 0.1) is 0 Å². The monoisotopic (exact) mass is 170 g/mol. The summed E-state index contributed by atoms with van der Waals surface area (Å²) in [5, 5.41) is 17.8. The largest absolute Gasteiger partial charge is 0.364 e. The lowest BCUT2D eigenvalue weighted by Gasteiger charge is -2.23. The Balaban J connectivity index is 2.33. The van der Waals surface area contributed by atoms with E-state index in [0.29, 0.717) is 11.5 Å². The van der Waals surface area contributed by atoms with Crippen LogP contribution in [0.5, 0.6) is 0 Å². The molecule has 8 heavy (non-hydrogen) atoms. The number of aliphatic hydroxyl groups is 2. The minimum Gasteiger partial charge on any atom is -0.364 e. The Morgan fingerprint density at radius 3 is 1.88 bits per heavy atom. The summed E-state index contributed by atoms with van der Waals surface area (Å²) in [6.07, 6.45) is 0. The van der Waals surface area contributed by atoms with E-state index < -0.39 is 5.79 Å². The van der Waals surface area contributed by atoms with E-state index in [4.69, 9.17) is 10.2 Å². The molecule has 2 nitrogen and oxygen atoms in total. The van der Waals surface area contributed by atoms with Crippen LogP contribution in [0.25, 0.3) is 0 Å². The van der Waals surface area contributed by atoms with E-state index in [1.807, 2.05) is 0 Å². The molecule has 1 rings (SSSR count). The molecule has 0 unspecified atom stereocenters. The van der Waals surface area contributed by atoms with Crippen molar-refractivity contribution in [3.05, 3.63) is 0 Å². The first-order valence-corrected chi connectivity index (χ1v) is 5.89. The third-order valence-corrected chi connectivity index (χ3v) is 5.05. The molecule has 0 radical (unpaired) electrons. The molecule has 1 aliphatic rings. The molecule has 0 amide bonds. The summed E-state index contributed by atoms with van der Waals surface area (Å²) in [5.74, 6) is -0.573. The highest BCUT2D eigenvalue weighted by Gasteiger charge is 2.27. The first-order chi connectivity index (χ1) is 3.71. The van der Waals surface area contributed by atoms with Crippen LogP contribution in [-0.2, 0) is 0 Å². The van der Waals surface area contributed by atoms with Crippen LogP contribution in [0.1, 0.15) is 0 Å². The average Bonchev–Trinajstić information content (AvgIpc) is 1.65. The fraction of sp³-hybridized carbons (Fsp3) is 1.00. The molecule has 0 bridgehead atoms. The Bertz CT molecular complexity index is 76.6. The van der Waals surface area contributed by atoms with Crippen LogP contribution < -0.4 is 0 Å². The number of rotatable bonds is 0. The Hall–Kier alpha value is 0.970. The molecule has 2 N–H and O–H groups in total. The zero-order valence-electron chi connectivity index (χ0n) is 4.03. The molecule has 5 heteroatoms. The lowest BCUT2D eigenvalue weighted by atomic mass is 10.4. The van der Waals surface area contributed by atoms with Gasteiger partial charge in [-0.2, -0.15) is 0 Å². The molecule has 1 fully saturated rings. The molecule has 0 aromatic heterocycles. The predicted octanol–water partition coefficient (Wildman–Crippen LogP) is 0.710. The van der Waals surface area contributed by atoms with Gasteiger partial charge in [-0.05, 0) is 9.83 Å². The molecule has 0 aromatic rings. The van der Waals surface area contributed by atoms with E-state index in [2.05, 4.69) is 0 Å². The van der Waals surface area contributed by atoms with Crippen molar-refractivity contribution < 1.29 is 10.2 Å². The van der Waals surface area contributed by atoms with E-state index in [-0.39, 0.29) is 0 Å². The van der Waals surface area contributed by atoms with Gasteiger partial charge in [-0.1, -0.05) is 21.6 Å². The molecule has 0 aliphatic carbocycles. The van der Waals surface area contributed by atoms with Gasteiger partial charge in [-0.25, -0.2) is 0 Å². The molecule has 0 atom stereocenters. The molecule has 1 saturated heterocycles. The van der Waals surface area contributed by atoms with Gasteiger partial charge in [-0.3, -0.25) is 0 Å². The van der Waals surface area contributed by atoms with Gasteiger partial charge in [0.2, 0.25) is 0 Å². The molecular weight excluding hydrogens is 164 g/mol. The lowest BCUT2D eigenvalue weighted by molar-refractivity contribution is -0.118. The second-order valence-electron chi connectivity index (χ2n) is 1.57. The smallest absolute Gasteiger partial charge is 0.182 e. The Kier molecular flexibility index (Phi) is 2.39. The van der Waals surface area contributed by atoms with Crippen molar-refractivity contribution in [2.45, 2.75) is 5.79 Å². The van der Waals surface area contributed by atoms with Crippen molar-refractivity contribution in [2.24, 2.45) is 0 Å². The third-order valence-electron chi connectivity index (χ3n) is 0.676. The van der Waals surface area contributed by atoms with E-state index in [0.717, 1.165) is 0 Å². The molecule has 0 aromatic carbocycles. The SMILES string of the molecule is OC1(O)CSSSC1. The number of hydrogen-bond acceptors (Lipinski definition) is 5. The maximum atomic E-state index is 8.88. The Labute approximate surface area is 59.2 Å². The summed E-state index contributed by atoms with van der Waals surface area (Å²) in [5.41, 5.74) is 0. The maximum Gasteiger partial charge on any atom is 0.182 e. The topological polar surface area (TPSA) is 40.5 Å². The Morgan fingerprint density at radius 1 is 1.12 bits per heavy atom.